The van der Waals surface area contributed by atoms with E-state index >= 15 is 0 Å². The molecule has 1 saturated heterocycles. The van der Waals surface area contributed by atoms with Crippen molar-refractivity contribution in [2.45, 2.75) is 45.1 Å². The van der Waals surface area contributed by atoms with Crippen LogP contribution in [0.25, 0.3) is 11.0 Å². The van der Waals surface area contributed by atoms with Crippen molar-refractivity contribution in [2.24, 2.45) is 0 Å². The van der Waals surface area contributed by atoms with Gasteiger partial charge in [-0.3, -0.25) is 0 Å². The Bertz CT molecular complexity index is 711. The van der Waals surface area contributed by atoms with Gasteiger partial charge in [-0.2, -0.15) is 0 Å². The number of nitrogens with zero attached hydrogens (tertiary/aromatic N) is 2. The first-order chi connectivity index (χ1) is 10.8. The van der Waals surface area contributed by atoms with Crippen molar-refractivity contribution in [1.29, 1.82) is 0 Å². The molecular formula is C17H23FN4O. The van der Waals surface area contributed by atoms with Crippen LogP contribution in [0.5, 0.6) is 0 Å². The van der Waals surface area contributed by atoms with Gasteiger partial charge in [0, 0.05) is 24.5 Å². The fraction of sp³-hybridized carbons (Fsp3) is 0.529. The Balaban J connectivity index is 1.66. The molecule has 0 spiro atoms. The predicted molar refractivity (Wildman–Crippen MR) is 87.9 cm³/mol. The van der Waals surface area contributed by atoms with Gasteiger partial charge in [-0.25, -0.2) is 14.2 Å². The molecule has 0 unspecified atom stereocenters. The number of fused-ring (bicyclic) bond motifs is 1. The van der Waals surface area contributed by atoms with Crippen LogP contribution in [0.3, 0.4) is 0 Å². The van der Waals surface area contributed by atoms with Crippen molar-refractivity contribution < 1.29 is 9.18 Å². The Labute approximate surface area is 135 Å². The normalized spacial score (nSPS) is 16.8. The number of carbonyl (C=O) groups excluding carboxylic acids is 1. The lowest BCUT2D eigenvalue weighted by Gasteiger charge is -2.33. The molecule has 0 aliphatic carbocycles. The highest BCUT2D eigenvalue weighted by molar-refractivity contribution is 5.76. The lowest BCUT2D eigenvalue weighted by atomic mass is 9.96. The maximum Gasteiger partial charge on any atom is 0.317 e. The molecule has 2 amide bonds. The minimum absolute atomic E-state index is 0.0217. The number of nitrogens with one attached hydrogen (secondary N) is 2. The number of para-hydroxylation sites is 1. The highest BCUT2D eigenvalue weighted by Crippen LogP contribution is 2.28. The zero-order valence-corrected chi connectivity index (χ0v) is 13.8. The monoisotopic (exact) mass is 318 g/mol. The van der Waals surface area contributed by atoms with Gasteiger partial charge in [-0.15, -0.1) is 0 Å². The number of halogens is 1. The van der Waals surface area contributed by atoms with Crippen LogP contribution in [-0.4, -0.2) is 39.5 Å². The van der Waals surface area contributed by atoms with Gasteiger partial charge in [0.05, 0.1) is 5.52 Å². The van der Waals surface area contributed by atoms with Crippen LogP contribution in [0.2, 0.25) is 0 Å². The molecule has 2 heterocycles. The van der Waals surface area contributed by atoms with Crippen LogP contribution in [0.4, 0.5) is 9.18 Å². The van der Waals surface area contributed by atoms with E-state index in [0.29, 0.717) is 18.6 Å². The molecule has 124 valence electrons. The van der Waals surface area contributed by atoms with Gasteiger partial charge < -0.3 is 15.2 Å². The predicted octanol–water partition coefficient (Wildman–Crippen LogP) is 3.39. The molecular weight excluding hydrogens is 295 g/mol. The summed E-state index contributed by atoms with van der Waals surface area (Å²) >= 11 is 0. The first kappa shape index (κ1) is 15.8. The Morgan fingerprint density at radius 3 is 2.65 bits per heavy atom. The number of hydrogen-bond donors (Lipinski definition) is 2. The van der Waals surface area contributed by atoms with E-state index in [9.17, 15) is 9.18 Å². The van der Waals surface area contributed by atoms with E-state index in [2.05, 4.69) is 15.3 Å². The van der Waals surface area contributed by atoms with Crippen LogP contribution in [0.15, 0.2) is 18.2 Å². The number of likely N-dealkylation sites (tertiary alicyclic amines) is 1. The number of carbonyl (C=O) groups is 1. The lowest BCUT2D eigenvalue weighted by molar-refractivity contribution is 0.172. The Hall–Kier alpha value is -2.11. The Kier molecular flexibility index (Phi) is 4.00. The van der Waals surface area contributed by atoms with Gasteiger partial charge in [0.15, 0.2) is 5.82 Å². The van der Waals surface area contributed by atoms with Crippen molar-refractivity contribution in [1.82, 2.24) is 20.2 Å². The van der Waals surface area contributed by atoms with Crippen molar-refractivity contribution in [3.8, 4) is 0 Å². The van der Waals surface area contributed by atoms with E-state index in [4.69, 9.17) is 0 Å². The summed E-state index contributed by atoms with van der Waals surface area (Å²) in [7, 11) is 0. The fourth-order valence-electron chi connectivity index (χ4n) is 2.97. The van der Waals surface area contributed by atoms with E-state index in [-0.39, 0.29) is 23.3 Å². The van der Waals surface area contributed by atoms with Crippen molar-refractivity contribution in [3.63, 3.8) is 0 Å². The molecule has 1 fully saturated rings. The number of hydrogen-bond acceptors (Lipinski definition) is 2. The summed E-state index contributed by atoms with van der Waals surface area (Å²) in [5.41, 5.74) is 0.896. The topological polar surface area (TPSA) is 61.0 Å². The van der Waals surface area contributed by atoms with Gasteiger partial charge in [0.1, 0.15) is 11.3 Å². The summed E-state index contributed by atoms with van der Waals surface area (Å²) in [6, 6.07) is 4.92. The third-order valence-electron chi connectivity index (χ3n) is 4.13. The zero-order valence-electron chi connectivity index (χ0n) is 13.8. The van der Waals surface area contributed by atoms with E-state index in [0.717, 1.165) is 24.2 Å². The molecule has 2 aromatic rings. The molecule has 3 rings (SSSR count). The first-order valence-corrected chi connectivity index (χ1v) is 8.05. The second kappa shape index (κ2) is 5.83. The molecule has 1 aromatic carbocycles. The van der Waals surface area contributed by atoms with Crippen LogP contribution < -0.4 is 5.32 Å². The highest BCUT2D eigenvalue weighted by atomic mass is 19.1. The molecule has 0 bridgehead atoms. The summed E-state index contributed by atoms with van der Waals surface area (Å²) in [6.07, 6.45) is 1.66. The SMILES string of the molecule is CC(C)(C)NC(=O)N1CCC(c2nc3c(F)cccc3[nH]2)CC1. The number of piperidine rings is 1. The molecule has 0 atom stereocenters. The quantitative estimate of drug-likeness (QED) is 0.846. The number of aromatic amines is 1. The smallest absolute Gasteiger partial charge is 0.317 e. The summed E-state index contributed by atoms with van der Waals surface area (Å²) < 4.78 is 13.7. The fourth-order valence-corrected chi connectivity index (χ4v) is 2.97. The number of aromatic nitrogens is 2. The van der Waals surface area contributed by atoms with E-state index in [1.807, 2.05) is 31.7 Å². The van der Waals surface area contributed by atoms with Crippen LogP contribution >= 0.6 is 0 Å². The average Bonchev–Trinajstić information content (AvgIpc) is 2.91. The summed E-state index contributed by atoms with van der Waals surface area (Å²) in [5.74, 6) is 0.758. The summed E-state index contributed by atoms with van der Waals surface area (Å²) in [6.45, 7) is 7.29. The van der Waals surface area contributed by atoms with Crippen LogP contribution in [0, 0.1) is 5.82 Å². The molecule has 6 heteroatoms. The number of benzene rings is 1. The number of amides is 2. The molecule has 0 saturated carbocycles. The van der Waals surface area contributed by atoms with Crippen molar-refractivity contribution >= 4 is 17.1 Å². The van der Waals surface area contributed by atoms with E-state index in [1.165, 1.54) is 6.07 Å². The summed E-state index contributed by atoms with van der Waals surface area (Å²) in [5, 5.41) is 2.99. The van der Waals surface area contributed by atoms with Crippen molar-refractivity contribution in [2.75, 3.05) is 13.1 Å². The second-order valence-corrected chi connectivity index (χ2v) is 7.20. The minimum atomic E-state index is -0.299. The van der Waals surface area contributed by atoms with Crippen molar-refractivity contribution in [3.05, 3.63) is 29.8 Å². The molecule has 1 aliphatic heterocycles. The first-order valence-electron chi connectivity index (χ1n) is 8.05. The second-order valence-electron chi connectivity index (χ2n) is 7.20. The Morgan fingerprint density at radius 1 is 1.35 bits per heavy atom. The minimum Gasteiger partial charge on any atom is -0.342 e. The average molecular weight is 318 g/mol. The molecule has 0 radical (unpaired) electrons. The highest BCUT2D eigenvalue weighted by Gasteiger charge is 2.27. The molecule has 5 nitrogen and oxygen atoms in total. The third kappa shape index (κ3) is 3.46. The standard InChI is InChI=1S/C17H23FN4O/c1-17(2,3)21-16(23)22-9-7-11(8-10-22)15-19-13-6-4-5-12(18)14(13)20-15/h4-6,11H,7-10H2,1-3H3,(H,19,20)(H,21,23). The van der Waals surface area contributed by atoms with Gasteiger partial charge >= 0.3 is 6.03 Å². The molecule has 2 N–H and O–H groups in total. The van der Waals surface area contributed by atoms with E-state index in [1.54, 1.807) is 6.07 Å². The number of urea groups is 1. The molecule has 23 heavy (non-hydrogen) atoms. The van der Waals surface area contributed by atoms with Gasteiger partial charge in [-0.1, -0.05) is 6.07 Å². The Morgan fingerprint density at radius 2 is 2.04 bits per heavy atom. The van der Waals surface area contributed by atoms with E-state index < -0.39 is 0 Å². The molecule has 1 aromatic heterocycles. The largest absolute Gasteiger partial charge is 0.342 e. The number of rotatable bonds is 1. The maximum atomic E-state index is 13.7. The zero-order chi connectivity index (χ0) is 16.6. The number of imidazole rings is 1. The van der Waals surface area contributed by atoms with Crippen LogP contribution in [0.1, 0.15) is 45.4 Å². The van der Waals surface area contributed by atoms with Gasteiger partial charge in [0.2, 0.25) is 0 Å². The maximum absolute atomic E-state index is 13.7. The molecule has 1 aliphatic rings. The number of H-pyrrole nitrogens is 1. The lowest BCUT2D eigenvalue weighted by Crippen LogP contribution is -2.50. The van der Waals surface area contributed by atoms with Gasteiger partial charge in [-0.05, 0) is 45.7 Å². The van der Waals surface area contributed by atoms with Gasteiger partial charge in [0.25, 0.3) is 0 Å². The third-order valence-corrected chi connectivity index (χ3v) is 4.13. The summed E-state index contributed by atoms with van der Waals surface area (Å²) in [4.78, 5) is 21.7. The van der Waals surface area contributed by atoms with Crippen LogP contribution in [-0.2, 0) is 0 Å².